The second kappa shape index (κ2) is 5.83. The molecule has 1 aromatic heterocycles. The van der Waals surface area contributed by atoms with Crippen LogP contribution in [0.25, 0.3) is 11.0 Å². The Labute approximate surface area is 128 Å². The molecule has 2 saturated heterocycles. The van der Waals surface area contributed by atoms with Crippen molar-refractivity contribution in [1.29, 1.82) is 0 Å². The highest BCUT2D eigenvalue weighted by molar-refractivity contribution is 5.88. The molecule has 0 unspecified atom stereocenters. The Hall–Kier alpha value is -1.70. The van der Waals surface area contributed by atoms with E-state index in [1.54, 1.807) is 0 Å². The standard InChI is InChI=1S/C15H20N4O3/c20-10-11-5-13-15(17-22-16-13)14(6-11)19-8-12(9-19)7-18-1-3-21-4-2-18/h5-6,12,20H,1-4,7-10H2. The summed E-state index contributed by atoms with van der Waals surface area (Å²) in [7, 11) is 0. The maximum Gasteiger partial charge on any atom is 0.158 e. The number of aromatic nitrogens is 2. The van der Waals surface area contributed by atoms with Gasteiger partial charge in [-0.05, 0) is 28.0 Å². The number of fused-ring (bicyclic) bond motifs is 1. The van der Waals surface area contributed by atoms with Crippen molar-refractivity contribution in [2.24, 2.45) is 5.92 Å². The second-order valence-electron chi connectivity index (χ2n) is 6.09. The fraction of sp³-hybridized carbons (Fsp3) is 0.600. The lowest BCUT2D eigenvalue weighted by Crippen LogP contribution is -2.53. The maximum atomic E-state index is 9.38. The summed E-state index contributed by atoms with van der Waals surface area (Å²) in [6.07, 6.45) is 0. The van der Waals surface area contributed by atoms with E-state index in [0.717, 1.165) is 62.7 Å². The lowest BCUT2D eigenvalue weighted by Gasteiger charge is -2.43. The molecule has 2 fully saturated rings. The van der Waals surface area contributed by atoms with Gasteiger partial charge in [-0.1, -0.05) is 0 Å². The number of hydrogen-bond acceptors (Lipinski definition) is 7. The van der Waals surface area contributed by atoms with E-state index in [4.69, 9.17) is 9.37 Å². The number of anilines is 1. The number of morpholine rings is 1. The van der Waals surface area contributed by atoms with Crippen molar-refractivity contribution in [1.82, 2.24) is 15.2 Å². The highest BCUT2D eigenvalue weighted by Crippen LogP contribution is 2.32. The van der Waals surface area contributed by atoms with Gasteiger partial charge in [0.2, 0.25) is 0 Å². The molecular formula is C15H20N4O3. The zero-order valence-corrected chi connectivity index (χ0v) is 12.4. The monoisotopic (exact) mass is 304 g/mol. The number of aliphatic hydroxyl groups excluding tert-OH is 1. The average molecular weight is 304 g/mol. The number of benzene rings is 1. The van der Waals surface area contributed by atoms with Gasteiger partial charge in [0.05, 0.1) is 25.5 Å². The van der Waals surface area contributed by atoms with Gasteiger partial charge >= 0.3 is 0 Å². The number of aliphatic hydroxyl groups is 1. The first kappa shape index (κ1) is 13.9. The normalized spacial score (nSPS) is 20.5. The molecule has 22 heavy (non-hydrogen) atoms. The minimum Gasteiger partial charge on any atom is -0.392 e. The van der Waals surface area contributed by atoms with Crippen LogP contribution in [0, 0.1) is 5.92 Å². The van der Waals surface area contributed by atoms with E-state index in [9.17, 15) is 5.11 Å². The number of nitrogens with zero attached hydrogens (tertiary/aromatic N) is 4. The van der Waals surface area contributed by atoms with Gasteiger partial charge in [-0.2, -0.15) is 0 Å². The van der Waals surface area contributed by atoms with Crippen molar-refractivity contribution in [3.63, 3.8) is 0 Å². The number of hydrogen-bond donors (Lipinski definition) is 1. The van der Waals surface area contributed by atoms with Crippen LogP contribution in [0.2, 0.25) is 0 Å². The Kier molecular flexibility index (Phi) is 3.69. The molecule has 0 spiro atoms. The average Bonchev–Trinajstić information content (AvgIpc) is 2.99. The Morgan fingerprint density at radius 3 is 2.77 bits per heavy atom. The van der Waals surface area contributed by atoms with Crippen molar-refractivity contribution in [2.75, 3.05) is 50.8 Å². The summed E-state index contributed by atoms with van der Waals surface area (Å²) in [4.78, 5) is 4.76. The van der Waals surface area contributed by atoms with E-state index >= 15 is 0 Å². The Morgan fingerprint density at radius 1 is 1.18 bits per heavy atom. The minimum atomic E-state index is 0.000840. The predicted octanol–water partition coefficient (Wildman–Crippen LogP) is 0.483. The minimum absolute atomic E-state index is 0.000840. The molecule has 0 bridgehead atoms. The quantitative estimate of drug-likeness (QED) is 0.880. The van der Waals surface area contributed by atoms with Gasteiger partial charge < -0.3 is 14.7 Å². The zero-order valence-electron chi connectivity index (χ0n) is 12.4. The van der Waals surface area contributed by atoms with Crippen molar-refractivity contribution >= 4 is 16.7 Å². The zero-order chi connectivity index (χ0) is 14.9. The van der Waals surface area contributed by atoms with E-state index in [1.165, 1.54) is 0 Å². The van der Waals surface area contributed by atoms with Crippen LogP contribution < -0.4 is 4.90 Å². The summed E-state index contributed by atoms with van der Waals surface area (Å²) in [6.45, 7) is 6.91. The van der Waals surface area contributed by atoms with Crippen molar-refractivity contribution in [3.05, 3.63) is 17.7 Å². The molecule has 0 aliphatic carbocycles. The smallest absolute Gasteiger partial charge is 0.158 e. The Balaban J connectivity index is 1.44. The fourth-order valence-corrected chi connectivity index (χ4v) is 3.29. The summed E-state index contributed by atoms with van der Waals surface area (Å²) in [5.41, 5.74) is 3.34. The summed E-state index contributed by atoms with van der Waals surface area (Å²) in [5.74, 6) is 0.672. The van der Waals surface area contributed by atoms with Gasteiger partial charge in [0.15, 0.2) is 5.52 Å². The first-order chi connectivity index (χ1) is 10.8. The SMILES string of the molecule is OCc1cc(N2CC(CN3CCOCC3)C2)c2nonc2c1. The van der Waals surface area contributed by atoms with Crippen LogP contribution in [0.4, 0.5) is 5.69 Å². The molecule has 0 amide bonds. The van der Waals surface area contributed by atoms with E-state index in [1.807, 2.05) is 12.1 Å². The molecule has 7 heteroatoms. The summed E-state index contributed by atoms with van der Waals surface area (Å²) < 4.78 is 10.2. The molecule has 7 nitrogen and oxygen atoms in total. The molecule has 0 radical (unpaired) electrons. The van der Waals surface area contributed by atoms with Crippen LogP contribution in [-0.4, -0.2) is 66.3 Å². The lowest BCUT2D eigenvalue weighted by molar-refractivity contribution is 0.0286. The number of rotatable bonds is 4. The molecule has 2 aliphatic rings. The van der Waals surface area contributed by atoms with Gasteiger partial charge in [0.25, 0.3) is 0 Å². The molecule has 0 saturated carbocycles. The molecule has 118 valence electrons. The van der Waals surface area contributed by atoms with Crippen LogP contribution in [0.5, 0.6) is 0 Å². The molecule has 1 N–H and O–H groups in total. The highest BCUT2D eigenvalue weighted by atomic mass is 16.6. The Bertz CT molecular complexity index is 647. The largest absolute Gasteiger partial charge is 0.392 e. The van der Waals surface area contributed by atoms with Gasteiger partial charge in [-0.3, -0.25) is 4.90 Å². The van der Waals surface area contributed by atoms with Crippen molar-refractivity contribution in [3.8, 4) is 0 Å². The van der Waals surface area contributed by atoms with E-state index in [-0.39, 0.29) is 6.61 Å². The fourth-order valence-electron chi connectivity index (χ4n) is 3.29. The molecule has 4 rings (SSSR count). The molecule has 2 aromatic rings. The summed E-state index contributed by atoms with van der Waals surface area (Å²) in [5, 5.41) is 17.3. The third-order valence-corrected chi connectivity index (χ3v) is 4.50. The molecule has 2 aliphatic heterocycles. The van der Waals surface area contributed by atoms with Gasteiger partial charge in [0, 0.05) is 38.6 Å². The predicted molar refractivity (Wildman–Crippen MR) is 80.7 cm³/mol. The van der Waals surface area contributed by atoms with Crippen LogP contribution in [0.3, 0.4) is 0 Å². The first-order valence-electron chi connectivity index (χ1n) is 7.74. The van der Waals surface area contributed by atoms with E-state index in [2.05, 4.69) is 20.1 Å². The molecular weight excluding hydrogens is 284 g/mol. The molecule has 3 heterocycles. The summed E-state index contributed by atoms with van der Waals surface area (Å²) >= 11 is 0. The van der Waals surface area contributed by atoms with Crippen molar-refractivity contribution in [2.45, 2.75) is 6.61 Å². The summed E-state index contributed by atoms with van der Waals surface area (Å²) in [6, 6.07) is 3.80. The third kappa shape index (κ3) is 2.55. The first-order valence-corrected chi connectivity index (χ1v) is 7.74. The van der Waals surface area contributed by atoms with Crippen LogP contribution >= 0.6 is 0 Å². The van der Waals surface area contributed by atoms with E-state index < -0.39 is 0 Å². The highest BCUT2D eigenvalue weighted by Gasteiger charge is 2.31. The number of ether oxygens (including phenoxy) is 1. The van der Waals surface area contributed by atoms with Crippen LogP contribution in [0.15, 0.2) is 16.8 Å². The van der Waals surface area contributed by atoms with Crippen LogP contribution in [-0.2, 0) is 11.3 Å². The maximum absolute atomic E-state index is 9.38. The van der Waals surface area contributed by atoms with Crippen molar-refractivity contribution < 1.29 is 14.5 Å². The Morgan fingerprint density at radius 2 is 2.00 bits per heavy atom. The third-order valence-electron chi connectivity index (χ3n) is 4.50. The molecule has 1 aromatic carbocycles. The van der Waals surface area contributed by atoms with E-state index in [0.29, 0.717) is 11.4 Å². The van der Waals surface area contributed by atoms with Crippen LogP contribution in [0.1, 0.15) is 5.56 Å². The lowest BCUT2D eigenvalue weighted by atomic mass is 9.97. The van der Waals surface area contributed by atoms with Gasteiger partial charge in [0.1, 0.15) is 5.52 Å². The molecule has 0 atom stereocenters. The second-order valence-corrected chi connectivity index (χ2v) is 6.09. The van der Waals surface area contributed by atoms with Gasteiger partial charge in [-0.25, -0.2) is 4.63 Å². The van der Waals surface area contributed by atoms with Gasteiger partial charge in [-0.15, -0.1) is 0 Å². The topological polar surface area (TPSA) is 74.9 Å².